The zero-order chi connectivity index (χ0) is 17.6. The lowest BCUT2D eigenvalue weighted by Gasteiger charge is -2.32. The second-order valence-electron chi connectivity index (χ2n) is 6.24. The van der Waals surface area contributed by atoms with E-state index in [0.29, 0.717) is 23.7 Å². The molecule has 0 bridgehead atoms. The van der Waals surface area contributed by atoms with Crippen molar-refractivity contribution in [3.8, 4) is 0 Å². The Hall–Kier alpha value is -2.41. The number of thiazole rings is 1. The van der Waals surface area contributed by atoms with Gasteiger partial charge in [0.25, 0.3) is 5.91 Å². The van der Waals surface area contributed by atoms with Crippen molar-refractivity contribution in [1.29, 1.82) is 0 Å². The van der Waals surface area contributed by atoms with Gasteiger partial charge in [-0.15, -0.1) is 11.3 Å². The first-order chi connectivity index (χ1) is 12.1. The molecule has 132 valence electrons. The molecule has 25 heavy (non-hydrogen) atoms. The third kappa shape index (κ3) is 4.79. The maximum Gasteiger partial charge on any atom is 0.251 e. The fourth-order valence-corrected chi connectivity index (χ4v) is 3.70. The summed E-state index contributed by atoms with van der Waals surface area (Å²) in [5.74, 6) is 0.222. The van der Waals surface area contributed by atoms with Gasteiger partial charge in [-0.25, -0.2) is 4.98 Å². The van der Waals surface area contributed by atoms with Crippen LogP contribution in [0.25, 0.3) is 0 Å². The van der Waals surface area contributed by atoms with Crippen molar-refractivity contribution in [3.05, 3.63) is 41.4 Å². The highest BCUT2D eigenvalue weighted by molar-refractivity contribution is 7.13. The normalized spacial score (nSPS) is 17.2. The number of nitrogens with one attached hydrogen (secondary N) is 2. The predicted octanol–water partition coefficient (Wildman–Crippen LogP) is 2.75. The van der Waals surface area contributed by atoms with Crippen molar-refractivity contribution in [1.82, 2.24) is 10.3 Å². The van der Waals surface area contributed by atoms with E-state index in [4.69, 9.17) is 0 Å². The van der Waals surface area contributed by atoms with Gasteiger partial charge in [0.15, 0.2) is 5.13 Å². The molecule has 0 aliphatic carbocycles. The Morgan fingerprint density at radius 2 is 2.12 bits per heavy atom. The van der Waals surface area contributed by atoms with Gasteiger partial charge >= 0.3 is 0 Å². The van der Waals surface area contributed by atoms with Crippen molar-refractivity contribution in [3.63, 3.8) is 0 Å². The Bertz CT molecular complexity index is 715. The van der Waals surface area contributed by atoms with Gasteiger partial charge in [0.1, 0.15) is 0 Å². The number of hydrogen-bond acceptors (Lipinski definition) is 5. The molecule has 1 aliphatic rings. The fraction of sp³-hybridized carbons (Fsp3) is 0.389. The third-order valence-corrected chi connectivity index (χ3v) is 5.06. The van der Waals surface area contributed by atoms with E-state index in [1.807, 2.05) is 11.6 Å². The molecule has 1 saturated heterocycles. The first-order valence-electron chi connectivity index (χ1n) is 8.42. The van der Waals surface area contributed by atoms with Crippen LogP contribution in [-0.2, 0) is 4.79 Å². The SMILES string of the molecule is CC(=O)Nc1ccc(C(=O)NCC2CCCN(c3nccs3)C2)cc1. The lowest BCUT2D eigenvalue weighted by Crippen LogP contribution is -2.41. The van der Waals surface area contributed by atoms with Crippen LogP contribution in [0.2, 0.25) is 0 Å². The highest BCUT2D eigenvalue weighted by Gasteiger charge is 2.22. The predicted molar refractivity (Wildman–Crippen MR) is 100 cm³/mol. The summed E-state index contributed by atoms with van der Waals surface area (Å²) in [6.45, 7) is 4.08. The van der Waals surface area contributed by atoms with Crippen LogP contribution < -0.4 is 15.5 Å². The van der Waals surface area contributed by atoms with Crippen LogP contribution in [0, 0.1) is 5.92 Å². The van der Waals surface area contributed by atoms with E-state index < -0.39 is 0 Å². The minimum atomic E-state index is -0.126. The zero-order valence-corrected chi connectivity index (χ0v) is 15.0. The standard InChI is InChI=1S/C18H22N4O2S/c1-13(23)21-16-6-4-15(5-7-16)17(24)20-11-14-3-2-9-22(12-14)18-19-8-10-25-18/h4-8,10,14H,2-3,9,11-12H2,1H3,(H,20,24)(H,21,23). The number of anilines is 2. The van der Waals surface area contributed by atoms with Crippen LogP contribution in [-0.4, -0.2) is 36.4 Å². The number of amides is 2. The number of carbonyl (C=O) groups is 2. The van der Waals surface area contributed by atoms with Gasteiger partial charge in [-0.05, 0) is 43.0 Å². The largest absolute Gasteiger partial charge is 0.352 e. The lowest BCUT2D eigenvalue weighted by molar-refractivity contribution is -0.114. The number of hydrogen-bond donors (Lipinski definition) is 2. The monoisotopic (exact) mass is 358 g/mol. The van der Waals surface area contributed by atoms with Gasteiger partial charge in [-0.2, -0.15) is 0 Å². The summed E-state index contributed by atoms with van der Waals surface area (Å²) in [6.07, 6.45) is 4.06. The van der Waals surface area contributed by atoms with Gasteiger partial charge in [0.2, 0.25) is 5.91 Å². The van der Waals surface area contributed by atoms with Gasteiger partial charge in [-0.3, -0.25) is 9.59 Å². The molecule has 1 aromatic carbocycles. The summed E-state index contributed by atoms with van der Waals surface area (Å²) in [5.41, 5.74) is 1.29. The molecule has 1 atom stereocenters. The molecule has 6 nitrogen and oxygen atoms in total. The number of aromatic nitrogens is 1. The first-order valence-corrected chi connectivity index (χ1v) is 9.30. The highest BCUT2D eigenvalue weighted by atomic mass is 32.1. The lowest BCUT2D eigenvalue weighted by atomic mass is 9.98. The maximum absolute atomic E-state index is 12.3. The Morgan fingerprint density at radius 1 is 1.32 bits per heavy atom. The van der Waals surface area contributed by atoms with E-state index in [1.165, 1.54) is 6.92 Å². The van der Waals surface area contributed by atoms with E-state index in [2.05, 4.69) is 20.5 Å². The van der Waals surface area contributed by atoms with Crippen LogP contribution in [0.5, 0.6) is 0 Å². The number of benzene rings is 1. The molecule has 0 spiro atoms. The number of nitrogens with zero attached hydrogens (tertiary/aromatic N) is 2. The molecule has 1 aromatic heterocycles. The molecule has 0 radical (unpaired) electrons. The summed E-state index contributed by atoms with van der Waals surface area (Å²) in [4.78, 5) is 30.0. The molecule has 3 rings (SSSR count). The molecular formula is C18H22N4O2S. The average molecular weight is 358 g/mol. The molecular weight excluding hydrogens is 336 g/mol. The van der Waals surface area contributed by atoms with E-state index >= 15 is 0 Å². The van der Waals surface area contributed by atoms with Gasteiger partial charge in [0, 0.05) is 49.4 Å². The average Bonchev–Trinajstić information content (AvgIpc) is 3.15. The summed E-state index contributed by atoms with van der Waals surface area (Å²) >= 11 is 1.66. The van der Waals surface area contributed by atoms with Crippen LogP contribution in [0.4, 0.5) is 10.8 Å². The Morgan fingerprint density at radius 3 is 2.80 bits per heavy atom. The minimum absolute atomic E-state index is 0.0826. The molecule has 7 heteroatoms. The number of rotatable bonds is 5. The quantitative estimate of drug-likeness (QED) is 0.862. The summed E-state index contributed by atoms with van der Waals surface area (Å²) in [7, 11) is 0. The zero-order valence-electron chi connectivity index (χ0n) is 14.2. The molecule has 0 saturated carbocycles. The molecule has 2 heterocycles. The summed E-state index contributed by atoms with van der Waals surface area (Å²) in [5, 5.41) is 8.77. The highest BCUT2D eigenvalue weighted by Crippen LogP contribution is 2.24. The summed E-state index contributed by atoms with van der Waals surface area (Å²) < 4.78 is 0. The Labute approximate surface area is 151 Å². The Balaban J connectivity index is 1.50. The van der Waals surface area contributed by atoms with E-state index in [1.54, 1.807) is 35.6 Å². The van der Waals surface area contributed by atoms with Crippen LogP contribution in [0.15, 0.2) is 35.8 Å². The van der Waals surface area contributed by atoms with Gasteiger partial charge < -0.3 is 15.5 Å². The van der Waals surface area contributed by atoms with Crippen LogP contribution in [0.3, 0.4) is 0 Å². The van der Waals surface area contributed by atoms with Gasteiger partial charge in [-0.1, -0.05) is 0 Å². The van der Waals surface area contributed by atoms with E-state index in [9.17, 15) is 9.59 Å². The first kappa shape index (κ1) is 17.4. The maximum atomic E-state index is 12.3. The Kier molecular flexibility index (Phi) is 5.65. The van der Waals surface area contributed by atoms with E-state index in [-0.39, 0.29) is 11.8 Å². The minimum Gasteiger partial charge on any atom is -0.352 e. The van der Waals surface area contributed by atoms with Crippen LogP contribution >= 0.6 is 11.3 Å². The van der Waals surface area contributed by atoms with Crippen molar-refractivity contribution in [2.45, 2.75) is 19.8 Å². The third-order valence-electron chi connectivity index (χ3n) is 4.23. The van der Waals surface area contributed by atoms with Crippen molar-refractivity contribution < 1.29 is 9.59 Å². The summed E-state index contributed by atoms with van der Waals surface area (Å²) in [6, 6.07) is 6.93. The van der Waals surface area contributed by atoms with Crippen molar-refractivity contribution in [2.75, 3.05) is 29.9 Å². The smallest absolute Gasteiger partial charge is 0.251 e. The fourth-order valence-electron chi connectivity index (χ4n) is 3.02. The molecule has 2 amide bonds. The van der Waals surface area contributed by atoms with Crippen LogP contribution in [0.1, 0.15) is 30.1 Å². The molecule has 2 aromatic rings. The number of piperidine rings is 1. The molecule has 1 unspecified atom stereocenters. The second-order valence-corrected chi connectivity index (χ2v) is 7.11. The van der Waals surface area contributed by atoms with Gasteiger partial charge in [0.05, 0.1) is 0 Å². The van der Waals surface area contributed by atoms with Crippen molar-refractivity contribution >= 4 is 34.0 Å². The topological polar surface area (TPSA) is 74.3 Å². The second kappa shape index (κ2) is 8.11. The molecule has 1 aliphatic heterocycles. The molecule has 1 fully saturated rings. The van der Waals surface area contributed by atoms with E-state index in [0.717, 1.165) is 31.1 Å². The number of carbonyl (C=O) groups excluding carboxylic acids is 2. The van der Waals surface area contributed by atoms with Crippen molar-refractivity contribution in [2.24, 2.45) is 5.92 Å². The molecule has 2 N–H and O–H groups in total.